The van der Waals surface area contributed by atoms with Gasteiger partial charge in [-0.05, 0) is 170 Å². The van der Waals surface area contributed by atoms with Crippen molar-refractivity contribution in [3.05, 3.63) is 57.6 Å². The fourth-order valence-corrected chi connectivity index (χ4v) is 7.58. The third-order valence-corrected chi connectivity index (χ3v) is 11.2. The van der Waals surface area contributed by atoms with Crippen LogP contribution in [0.1, 0.15) is 213 Å². The number of unbranched alkanes of at least 4 members (excludes halogenated alkanes) is 6. The van der Waals surface area contributed by atoms with Gasteiger partial charge in [0.1, 0.15) is 11.5 Å². The van der Waals surface area contributed by atoms with Crippen LogP contribution < -0.4 is 21.3 Å². The molecule has 0 fully saturated rings. The summed E-state index contributed by atoms with van der Waals surface area (Å²) in [4.78, 5) is 0. The Balaban J connectivity index is 1.54. The summed E-state index contributed by atoms with van der Waals surface area (Å²) in [5.41, 5.74) is 6.36. The van der Waals surface area contributed by atoms with Gasteiger partial charge in [-0.15, -0.1) is 0 Å². The van der Waals surface area contributed by atoms with Gasteiger partial charge in [-0.1, -0.05) is 116 Å². The van der Waals surface area contributed by atoms with Crippen LogP contribution in [0.4, 0.5) is 0 Å². The van der Waals surface area contributed by atoms with E-state index in [1.54, 1.807) is 0 Å². The van der Waals surface area contributed by atoms with Crippen LogP contribution in [-0.4, -0.2) is 49.5 Å². The number of rotatable bonds is 24. The van der Waals surface area contributed by atoms with E-state index in [0.717, 1.165) is 74.4 Å². The largest absolute Gasteiger partial charge is 0.507 e. The van der Waals surface area contributed by atoms with E-state index in [1.807, 2.05) is 0 Å². The standard InChI is InChI=1S/C49H88N4O2/c1-15-42(36-32-38(46(3,4)5)44(54)39(33-36)47(6,7)8)52-30-24-22-28-50-26-20-18-17-19-21-27-51-29-23-25-31-53-43(16-2)37-34-40(48(9,10)11)45(55)41(35-37)49(12,13)14/h32-35,42-43,50-55H,15-31H2,1-14H3. The zero-order chi connectivity index (χ0) is 41.5. The molecule has 0 bridgehead atoms. The molecule has 0 heterocycles. The van der Waals surface area contributed by atoms with E-state index < -0.39 is 0 Å². The zero-order valence-electron chi connectivity index (χ0n) is 38.4. The summed E-state index contributed by atoms with van der Waals surface area (Å²) in [5, 5.41) is 37.2. The highest BCUT2D eigenvalue weighted by Gasteiger charge is 2.29. The molecule has 0 aliphatic carbocycles. The first kappa shape index (κ1) is 49.0. The SMILES string of the molecule is CCC(NCCCCNCCCCCCCNCCCCNC(CC)c1cc(C(C)(C)C)c(O)c(C(C)(C)C)c1)c1cc(C(C)(C)C)c(O)c(C(C)(C)C)c1. The van der Waals surface area contributed by atoms with Crippen molar-refractivity contribution in [1.82, 2.24) is 21.3 Å². The molecule has 0 aromatic heterocycles. The fraction of sp³-hybridized carbons (Fsp3) is 0.755. The van der Waals surface area contributed by atoms with Crippen molar-refractivity contribution in [2.45, 2.75) is 201 Å². The van der Waals surface area contributed by atoms with Crippen LogP contribution in [0.15, 0.2) is 24.3 Å². The van der Waals surface area contributed by atoms with Crippen LogP contribution in [0.5, 0.6) is 11.5 Å². The lowest BCUT2D eigenvalue weighted by Gasteiger charge is -2.30. The van der Waals surface area contributed by atoms with E-state index in [9.17, 15) is 10.2 Å². The second kappa shape index (κ2) is 22.7. The Morgan fingerprint density at radius 2 is 0.636 bits per heavy atom. The van der Waals surface area contributed by atoms with Crippen LogP contribution >= 0.6 is 0 Å². The molecule has 0 saturated carbocycles. The molecule has 2 aromatic rings. The van der Waals surface area contributed by atoms with Crippen LogP contribution in [-0.2, 0) is 21.7 Å². The molecule has 0 aliphatic rings. The van der Waals surface area contributed by atoms with Crippen molar-refractivity contribution in [2.24, 2.45) is 0 Å². The van der Waals surface area contributed by atoms with Gasteiger partial charge in [-0.25, -0.2) is 0 Å². The molecule has 55 heavy (non-hydrogen) atoms. The second-order valence-corrected chi connectivity index (χ2v) is 20.4. The predicted octanol–water partition coefficient (Wildman–Crippen LogP) is 11.8. The lowest BCUT2D eigenvalue weighted by molar-refractivity contribution is 0.419. The first-order valence-electron chi connectivity index (χ1n) is 22.3. The molecule has 0 aliphatic heterocycles. The van der Waals surface area contributed by atoms with E-state index in [0.29, 0.717) is 23.6 Å². The Kier molecular flexibility index (Phi) is 20.3. The van der Waals surface area contributed by atoms with Crippen LogP contribution in [0, 0.1) is 0 Å². The number of hydrogen-bond acceptors (Lipinski definition) is 6. The predicted molar refractivity (Wildman–Crippen MR) is 240 cm³/mol. The topological polar surface area (TPSA) is 88.6 Å². The summed E-state index contributed by atoms with van der Waals surface area (Å²) in [6, 6.07) is 9.54. The number of phenols is 2. The maximum atomic E-state index is 11.1. The zero-order valence-corrected chi connectivity index (χ0v) is 38.4. The van der Waals surface area contributed by atoms with Crippen molar-refractivity contribution in [3.63, 3.8) is 0 Å². The highest BCUT2D eigenvalue weighted by molar-refractivity contribution is 5.51. The Hall–Kier alpha value is -2.12. The van der Waals surface area contributed by atoms with Gasteiger partial charge in [0, 0.05) is 12.1 Å². The molecule has 0 spiro atoms. The minimum atomic E-state index is -0.105. The summed E-state index contributed by atoms with van der Waals surface area (Å²) in [7, 11) is 0. The number of benzene rings is 2. The molecule has 2 rings (SSSR count). The lowest BCUT2D eigenvalue weighted by Crippen LogP contribution is -2.25. The first-order valence-corrected chi connectivity index (χ1v) is 22.3. The van der Waals surface area contributed by atoms with Crippen LogP contribution in [0.2, 0.25) is 0 Å². The summed E-state index contributed by atoms with van der Waals surface area (Å²) in [5.74, 6) is 0.928. The van der Waals surface area contributed by atoms with Crippen molar-refractivity contribution in [2.75, 3.05) is 39.3 Å². The minimum absolute atomic E-state index is 0.105. The molecule has 2 aromatic carbocycles. The number of hydrogen-bond donors (Lipinski definition) is 6. The third-order valence-electron chi connectivity index (χ3n) is 11.2. The summed E-state index contributed by atoms with van der Waals surface area (Å²) in [6.45, 7) is 37.2. The Labute approximate surface area is 340 Å². The molecule has 6 heteroatoms. The van der Waals surface area contributed by atoms with Gasteiger partial charge in [0.2, 0.25) is 0 Å². The summed E-state index contributed by atoms with van der Waals surface area (Å²) < 4.78 is 0. The average Bonchev–Trinajstić information content (AvgIpc) is 3.07. The fourth-order valence-electron chi connectivity index (χ4n) is 7.58. The van der Waals surface area contributed by atoms with Gasteiger partial charge >= 0.3 is 0 Å². The molecule has 0 amide bonds. The Morgan fingerprint density at radius 1 is 0.400 bits per heavy atom. The van der Waals surface area contributed by atoms with Gasteiger partial charge in [0.25, 0.3) is 0 Å². The molecule has 0 radical (unpaired) electrons. The second-order valence-electron chi connectivity index (χ2n) is 20.4. The lowest BCUT2D eigenvalue weighted by atomic mass is 9.77. The third kappa shape index (κ3) is 16.7. The molecule has 2 atom stereocenters. The normalized spacial score (nSPS) is 14.1. The highest BCUT2D eigenvalue weighted by atomic mass is 16.3. The molecule has 316 valence electrons. The van der Waals surface area contributed by atoms with E-state index in [-0.39, 0.29) is 21.7 Å². The van der Waals surface area contributed by atoms with E-state index >= 15 is 0 Å². The van der Waals surface area contributed by atoms with E-state index in [1.165, 1.54) is 68.9 Å². The van der Waals surface area contributed by atoms with Crippen molar-refractivity contribution >= 4 is 0 Å². The molecular formula is C49H88N4O2. The monoisotopic (exact) mass is 765 g/mol. The Bertz CT molecular complexity index is 1210. The summed E-state index contributed by atoms with van der Waals surface area (Å²) in [6.07, 6.45) is 13.3. The van der Waals surface area contributed by atoms with Crippen molar-refractivity contribution in [1.29, 1.82) is 0 Å². The number of nitrogens with one attached hydrogen (secondary N) is 4. The molecule has 6 N–H and O–H groups in total. The minimum Gasteiger partial charge on any atom is -0.507 e. The van der Waals surface area contributed by atoms with Crippen LogP contribution in [0.25, 0.3) is 0 Å². The van der Waals surface area contributed by atoms with Crippen LogP contribution in [0.3, 0.4) is 0 Å². The molecule has 2 unspecified atom stereocenters. The molecule has 0 saturated heterocycles. The van der Waals surface area contributed by atoms with E-state index in [4.69, 9.17) is 0 Å². The van der Waals surface area contributed by atoms with E-state index in [2.05, 4.69) is 142 Å². The number of aromatic hydroxyl groups is 2. The maximum Gasteiger partial charge on any atom is 0.123 e. The van der Waals surface area contributed by atoms with Gasteiger partial charge in [-0.3, -0.25) is 0 Å². The van der Waals surface area contributed by atoms with Crippen molar-refractivity contribution in [3.8, 4) is 11.5 Å². The van der Waals surface area contributed by atoms with Gasteiger partial charge in [0.15, 0.2) is 0 Å². The average molecular weight is 765 g/mol. The quantitative estimate of drug-likeness (QED) is 0.0597. The van der Waals surface area contributed by atoms with Gasteiger partial charge in [0.05, 0.1) is 0 Å². The highest BCUT2D eigenvalue weighted by Crippen LogP contribution is 2.42. The van der Waals surface area contributed by atoms with Gasteiger partial charge < -0.3 is 31.5 Å². The van der Waals surface area contributed by atoms with Gasteiger partial charge in [-0.2, -0.15) is 0 Å². The smallest absolute Gasteiger partial charge is 0.123 e. The Morgan fingerprint density at radius 3 is 0.891 bits per heavy atom. The summed E-state index contributed by atoms with van der Waals surface area (Å²) >= 11 is 0. The maximum absolute atomic E-state index is 11.1. The first-order chi connectivity index (χ1) is 25.6. The number of phenolic OH excluding ortho intramolecular Hbond substituents is 2. The molecular weight excluding hydrogens is 677 g/mol. The molecule has 6 nitrogen and oxygen atoms in total. The van der Waals surface area contributed by atoms with Crippen molar-refractivity contribution < 1.29 is 10.2 Å².